The highest BCUT2D eigenvalue weighted by Crippen LogP contribution is 2.50. The van der Waals surface area contributed by atoms with Crippen molar-refractivity contribution < 1.29 is 118 Å². The third-order valence-electron chi connectivity index (χ3n) is 22.9. The van der Waals surface area contributed by atoms with Gasteiger partial charge in [-0.05, 0) is 170 Å². The number of para-hydroxylation sites is 4. The number of hydrogen-bond acceptors (Lipinski definition) is 27. The van der Waals surface area contributed by atoms with Crippen molar-refractivity contribution in [2.45, 2.75) is 228 Å². The molecular formula is C92H122N10O23S4Si2. The maximum atomic E-state index is 13.2. The number of benzene rings is 7. The standard InChI is InChI=1S/C20H31N3O5SSi.C20H21N3O4S.C20H31NO5SSi.C20H21NO4S.C9H11NO2.C3H7NO3/c1-19(2,3)30(6,7)26-14-15-13-25-20(4,5)23(15)18(24)17(22-21)29-28-27-16-11-9-8-10-12-16;1-20(2)23(16(14-25-20)13-15-9-5-3-6-10-15)19(24)18(22-21)28-27-26-17-11-7-4-8-12-17;1-19(2,3)28(6,7)25-16-15-13-23-20(4,5)21(15)18(22)17(16)27-26-24-14-11-9-8-10-12-14;1-20(2)21-16(13-23-20)17(14-9-5-3-6-10-14)18(19(21)22)26-25-24-15-11-7-4-8-12-15;10-8(9(11)12)6-7-4-2-1-3-5-7;4-2(1-5)3(6)7/h8-12,15H,13-14H2,1-7H3;3-12,16H,13-14H2,1-2H3;8-12,15-17H,13H2,1-7H3;3-12,16-18H,13H2,1-2H3;1-5,8H,6,10H2,(H,11,12);2,5H,1,4H2,(H,6,7)/t;;15-,16-,17-;16-,17-,18-;8-;2-/m..0100/s1. The lowest BCUT2D eigenvalue weighted by Crippen LogP contribution is -2.53. The molecule has 0 aliphatic carbocycles. The molecule has 0 spiro atoms. The fourth-order valence-corrected chi connectivity index (χ4v) is 18.7. The second kappa shape index (κ2) is 48.5. The molecule has 6 heterocycles. The number of rotatable bonds is 27. The van der Waals surface area contributed by atoms with E-state index in [4.69, 9.17) is 91.5 Å². The molecule has 39 heteroatoms. The molecular weight excluding hydrogens is 1800 g/mol. The second-order valence-electron chi connectivity index (χ2n) is 35.9. The summed E-state index contributed by atoms with van der Waals surface area (Å²) < 4.78 is 57.2. The van der Waals surface area contributed by atoms with Gasteiger partial charge in [0.05, 0.1) is 94.0 Å². The lowest BCUT2D eigenvalue weighted by atomic mass is 9.92. The van der Waals surface area contributed by atoms with Gasteiger partial charge >= 0.3 is 33.8 Å². The van der Waals surface area contributed by atoms with Crippen LogP contribution >= 0.6 is 48.2 Å². The van der Waals surface area contributed by atoms with Gasteiger partial charge in [0.15, 0.2) is 63.7 Å². The van der Waals surface area contributed by atoms with E-state index in [-0.39, 0.29) is 73.4 Å². The number of carboxylic acids is 2. The van der Waals surface area contributed by atoms with Crippen molar-refractivity contribution in [1.29, 1.82) is 0 Å². The first-order chi connectivity index (χ1) is 61.8. The summed E-state index contributed by atoms with van der Waals surface area (Å²) in [5.74, 6) is -1.07. The van der Waals surface area contributed by atoms with E-state index < -0.39 is 87.2 Å². The fourth-order valence-electron chi connectivity index (χ4n) is 13.9. The highest BCUT2D eigenvalue weighted by atomic mass is 32.2. The minimum Gasteiger partial charge on any atom is -0.480 e. The molecule has 0 aromatic heterocycles. The van der Waals surface area contributed by atoms with Gasteiger partial charge in [-0.15, -0.1) is 17.3 Å². The van der Waals surface area contributed by atoms with Crippen LogP contribution < -0.4 is 31.0 Å². The molecule has 13 rings (SSSR count). The smallest absolute Gasteiger partial charge is 0.444 e. The van der Waals surface area contributed by atoms with Crippen molar-refractivity contribution in [3.05, 3.63) is 240 Å². The molecule has 6 aliphatic rings. The van der Waals surface area contributed by atoms with Crippen molar-refractivity contribution in [3.8, 4) is 23.0 Å². The summed E-state index contributed by atoms with van der Waals surface area (Å²) >= 11 is 3.20. The Morgan fingerprint density at radius 2 is 0.817 bits per heavy atom. The monoisotopic (exact) mass is 1920 g/mol. The normalized spacial score (nSPS) is 21.1. The number of aliphatic hydroxyl groups is 1. The van der Waals surface area contributed by atoms with Crippen molar-refractivity contribution in [3.63, 3.8) is 0 Å². The minimum absolute atomic E-state index is 0.00211. The number of nitrogens with two attached hydrogens (primary N) is 2. The van der Waals surface area contributed by atoms with Gasteiger partial charge in [-0.2, -0.15) is 9.58 Å². The molecule has 6 fully saturated rings. The van der Waals surface area contributed by atoms with Crippen molar-refractivity contribution in [2.24, 2.45) is 11.5 Å². The molecule has 0 saturated carbocycles. The Hall–Kier alpha value is -9.37. The molecule has 131 heavy (non-hydrogen) atoms. The van der Waals surface area contributed by atoms with Crippen LogP contribution in [-0.4, -0.2) is 222 Å². The van der Waals surface area contributed by atoms with Gasteiger partial charge in [0.1, 0.15) is 45.5 Å². The zero-order valence-corrected chi connectivity index (χ0v) is 82.3. The molecule has 0 radical (unpaired) electrons. The van der Waals surface area contributed by atoms with E-state index in [2.05, 4.69) is 89.4 Å². The van der Waals surface area contributed by atoms with E-state index in [1.165, 1.54) is 4.90 Å². The van der Waals surface area contributed by atoms with Gasteiger partial charge < -0.3 is 95.0 Å². The summed E-state index contributed by atoms with van der Waals surface area (Å²) in [5, 5.41) is 23.1. The van der Waals surface area contributed by atoms with E-state index in [9.17, 15) is 39.8 Å². The SMILES string of the molecule is CC1(C)OCC(CO[Si](C)(C)C(C)(C)C)N1C(=O)C(=[N+]=[N-])SOOc1ccccc1.CC1(C)OCC(Cc2ccccc2)N1C(=O)C(=[N+]=[N-])SOOc1ccccc1.CC1(C)OC[C@@H]2[C@@H](c3ccccc3)[C@@H](SOOc3ccccc3)C(=O)N21.CC1(C)OC[C@H]2[C@H](O[Si](C)(C)C(C)(C)C)[C@H](SOOc3ccccc3)C(=O)N21.N[C@@H](CO)C(=O)O.N[C@@H](Cc1ccccc1)C(=O)O. The molecule has 6 saturated heterocycles. The van der Waals surface area contributed by atoms with E-state index in [1.54, 1.807) is 105 Å². The number of carboxylic acid groups (broad SMARTS) is 2. The fraction of sp³-hybridized carbons (Fsp3) is 0.457. The highest BCUT2D eigenvalue weighted by molar-refractivity contribution is 8.11. The van der Waals surface area contributed by atoms with Gasteiger partial charge in [-0.1, -0.05) is 205 Å². The van der Waals surface area contributed by atoms with Crippen LogP contribution in [0.2, 0.25) is 36.3 Å². The zero-order chi connectivity index (χ0) is 96.3. The van der Waals surface area contributed by atoms with Crippen LogP contribution in [-0.2, 0) is 86.7 Å². The highest BCUT2D eigenvalue weighted by Gasteiger charge is 2.62. The number of aliphatic hydroxyl groups excluding tert-OH is 1. The summed E-state index contributed by atoms with van der Waals surface area (Å²) in [6.07, 6.45) is 0.705. The topological polar surface area (TPSA) is 430 Å². The lowest BCUT2D eigenvalue weighted by Gasteiger charge is -2.40. The number of fused-ring (bicyclic) bond motifs is 2. The minimum atomic E-state index is -2.09. The summed E-state index contributed by atoms with van der Waals surface area (Å²) in [6, 6.07) is 62.8. The van der Waals surface area contributed by atoms with Crippen molar-refractivity contribution in [1.82, 2.24) is 19.6 Å². The first kappa shape index (κ1) is 107. The number of nitrogens with zero attached hydrogens (tertiary/aromatic N) is 8. The maximum absolute atomic E-state index is 13.2. The van der Waals surface area contributed by atoms with Gasteiger partial charge in [-0.25, -0.2) is 0 Å². The van der Waals surface area contributed by atoms with Gasteiger partial charge in [0.2, 0.25) is 11.8 Å². The van der Waals surface area contributed by atoms with Crippen LogP contribution in [0.1, 0.15) is 120 Å². The lowest BCUT2D eigenvalue weighted by molar-refractivity contribution is -0.143. The van der Waals surface area contributed by atoms with Gasteiger partial charge in [0, 0.05) is 5.92 Å². The molecule has 33 nitrogen and oxygen atoms in total. The summed E-state index contributed by atoms with van der Waals surface area (Å²) in [7, 11) is -4.10. The molecule has 6 aliphatic heterocycles. The third-order valence-corrected chi connectivity index (χ3v) is 34.6. The van der Waals surface area contributed by atoms with E-state index in [1.807, 2.05) is 165 Å². The number of carbonyl (C=O) groups excluding carboxylic acids is 4. The van der Waals surface area contributed by atoms with Crippen LogP contribution in [0.3, 0.4) is 0 Å². The number of ether oxygens (including phenoxy) is 4. The van der Waals surface area contributed by atoms with Crippen LogP contribution in [0.25, 0.3) is 11.1 Å². The Bertz CT molecular complexity index is 4920. The predicted octanol–water partition coefficient (Wildman–Crippen LogP) is 14.9. The van der Waals surface area contributed by atoms with E-state index >= 15 is 0 Å². The van der Waals surface area contributed by atoms with E-state index in [0.717, 1.165) is 40.8 Å². The Morgan fingerprint density at radius 1 is 0.473 bits per heavy atom. The molecule has 4 amide bonds. The zero-order valence-electron chi connectivity index (χ0n) is 77.0. The average Bonchev–Trinajstić information content (AvgIpc) is 1.58. The Kier molecular flexibility index (Phi) is 39.6. The molecule has 7 aromatic carbocycles. The third kappa shape index (κ3) is 30.1. The first-order valence-corrected chi connectivity index (χ1v) is 51.3. The van der Waals surface area contributed by atoms with Crippen molar-refractivity contribution in [2.75, 3.05) is 39.6 Å². The Morgan fingerprint density at radius 3 is 1.21 bits per heavy atom. The molecule has 2 unspecified atom stereocenters. The van der Waals surface area contributed by atoms with Crippen LogP contribution in [0, 0.1) is 0 Å². The molecule has 7 aromatic rings. The van der Waals surface area contributed by atoms with Crippen LogP contribution in [0.5, 0.6) is 23.0 Å². The quantitative estimate of drug-likeness (QED) is 0.00466. The second-order valence-corrected chi connectivity index (χ2v) is 48.5. The summed E-state index contributed by atoms with van der Waals surface area (Å²) in [5.41, 5.74) is 29.0. The molecule has 7 N–H and O–H groups in total. The number of hydrogen-bond donors (Lipinski definition) is 5. The summed E-state index contributed by atoms with van der Waals surface area (Å²) in [4.78, 5) is 106. The van der Waals surface area contributed by atoms with Gasteiger partial charge in [0.25, 0.3) is 0 Å². The molecule has 0 bridgehead atoms. The van der Waals surface area contributed by atoms with Crippen LogP contribution in [0.15, 0.2) is 212 Å². The maximum Gasteiger partial charge on any atom is 0.444 e. The summed E-state index contributed by atoms with van der Waals surface area (Å²) in [6.45, 7) is 38.2. The average molecular weight is 1920 g/mol. The Balaban J connectivity index is 0.000000202. The number of carbonyl (C=O) groups is 6. The van der Waals surface area contributed by atoms with Gasteiger partial charge in [-0.3, -0.25) is 38.6 Å². The number of amides is 4. The van der Waals surface area contributed by atoms with E-state index in [0.29, 0.717) is 93.0 Å². The Labute approximate surface area is 785 Å². The van der Waals surface area contributed by atoms with Crippen LogP contribution in [0.4, 0.5) is 0 Å². The molecule has 710 valence electrons. The first-order valence-electron chi connectivity index (χ1n) is 42.4. The van der Waals surface area contributed by atoms with Crippen molar-refractivity contribution >= 4 is 110 Å². The molecule has 10 atom stereocenters. The predicted molar refractivity (Wildman–Crippen MR) is 503 cm³/mol. The largest absolute Gasteiger partial charge is 0.480 e. The number of aliphatic carboxylic acids is 2.